The SMILES string of the molecule is CCOC(=O)c1ccc2c(c1)C(=O)OC2=Cc1ccccc1. The number of carbonyl (C=O) groups excluding carboxylic acids is 2. The van der Waals surface area contributed by atoms with Crippen molar-refractivity contribution in [3.05, 3.63) is 70.8 Å². The van der Waals surface area contributed by atoms with Gasteiger partial charge in [-0.2, -0.15) is 0 Å². The van der Waals surface area contributed by atoms with E-state index in [0.29, 0.717) is 29.1 Å². The third-order valence-electron chi connectivity index (χ3n) is 3.32. The highest BCUT2D eigenvalue weighted by Crippen LogP contribution is 2.32. The Labute approximate surface area is 128 Å². The molecule has 1 heterocycles. The Bertz CT molecular complexity index is 760. The molecule has 3 rings (SSSR count). The molecule has 4 heteroatoms. The van der Waals surface area contributed by atoms with Gasteiger partial charge in [0.1, 0.15) is 5.76 Å². The largest absolute Gasteiger partial charge is 0.462 e. The van der Waals surface area contributed by atoms with Crippen LogP contribution in [-0.2, 0) is 9.47 Å². The minimum absolute atomic E-state index is 0.291. The molecule has 110 valence electrons. The molecular formula is C18H14O4. The molecule has 2 aromatic carbocycles. The summed E-state index contributed by atoms with van der Waals surface area (Å²) < 4.78 is 10.2. The molecule has 2 aromatic rings. The van der Waals surface area contributed by atoms with Crippen molar-refractivity contribution in [3.8, 4) is 0 Å². The molecule has 0 aromatic heterocycles. The summed E-state index contributed by atoms with van der Waals surface area (Å²) >= 11 is 0. The molecule has 0 radical (unpaired) electrons. The van der Waals surface area contributed by atoms with Gasteiger partial charge in [0, 0.05) is 5.56 Å². The fourth-order valence-corrected chi connectivity index (χ4v) is 2.29. The second kappa shape index (κ2) is 5.85. The Morgan fingerprint density at radius 1 is 1.14 bits per heavy atom. The van der Waals surface area contributed by atoms with Crippen LogP contribution in [0.4, 0.5) is 0 Å². The van der Waals surface area contributed by atoms with E-state index in [1.165, 1.54) is 6.07 Å². The van der Waals surface area contributed by atoms with Crippen LogP contribution in [0.3, 0.4) is 0 Å². The number of hydrogen-bond acceptors (Lipinski definition) is 4. The molecule has 0 fully saturated rings. The fraction of sp³-hybridized carbons (Fsp3) is 0.111. The van der Waals surface area contributed by atoms with Crippen LogP contribution < -0.4 is 0 Å². The molecule has 1 aliphatic heterocycles. The topological polar surface area (TPSA) is 52.6 Å². The van der Waals surface area contributed by atoms with Gasteiger partial charge in [-0.05, 0) is 36.8 Å². The van der Waals surface area contributed by atoms with Crippen LogP contribution in [0.5, 0.6) is 0 Å². The lowest BCUT2D eigenvalue weighted by molar-refractivity contribution is 0.0526. The Morgan fingerprint density at radius 3 is 2.64 bits per heavy atom. The first-order chi connectivity index (χ1) is 10.7. The predicted molar refractivity (Wildman–Crippen MR) is 82.1 cm³/mol. The number of esters is 2. The quantitative estimate of drug-likeness (QED) is 0.813. The van der Waals surface area contributed by atoms with Crippen LogP contribution in [0.2, 0.25) is 0 Å². The van der Waals surface area contributed by atoms with Gasteiger partial charge < -0.3 is 9.47 Å². The number of fused-ring (bicyclic) bond motifs is 1. The molecule has 22 heavy (non-hydrogen) atoms. The summed E-state index contributed by atoms with van der Waals surface area (Å²) in [6, 6.07) is 14.4. The van der Waals surface area contributed by atoms with Crippen molar-refractivity contribution >= 4 is 23.8 Å². The minimum Gasteiger partial charge on any atom is -0.462 e. The molecule has 0 N–H and O–H groups in total. The molecule has 0 atom stereocenters. The number of hydrogen-bond donors (Lipinski definition) is 0. The fourth-order valence-electron chi connectivity index (χ4n) is 2.29. The van der Waals surface area contributed by atoms with E-state index in [4.69, 9.17) is 9.47 Å². The lowest BCUT2D eigenvalue weighted by atomic mass is 10.0. The highest BCUT2D eigenvalue weighted by molar-refractivity contribution is 6.07. The van der Waals surface area contributed by atoms with E-state index in [9.17, 15) is 9.59 Å². The third kappa shape index (κ3) is 2.63. The monoisotopic (exact) mass is 294 g/mol. The molecule has 0 spiro atoms. The molecule has 1 aliphatic rings. The zero-order valence-corrected chi connectivity index (χ0v) is 12.0. The van der Waals surface area contributed by atoms with Gasteiger partial charge in [-0.15, -0.1) is 0 Å². The highest BCUT2D eigenvalue weighted by Gasteiger charge is 2.27. The number of carbonyl (C=O) groups is 2. The molecule has 0 aliphatic carbocycles. The summed E-state index contributed by atoms with van der Waals surface area (Å²) in [6.07, 6.45) is 1.80. The molecular weight excluding hydrogens is 280 g/mol. The van der Waals surface area contributed by atoms with Crippen LogP contribution in [-0.4, -0.2) is 18.5 Å². The van der Waals surface area contributed by atoms with E-state index >= 15 is 0 Å². The Morgan fingerprint density at radius 2 is 1.91 bits per heavy atom. The zero-order chi connectivity index (χ0) is 15.5. The lowest BCUT2D eigenvalue weighted by Crippen LogP contribution is -2.06. The first-order valence-electron chi connectivity index (χ1n) is 6.99. The van der Waals surface area contributed by atoms with Crippen molar-refractivity contribution in [2.24, 2.45) is 0 Å². The van der Waals surface area contributed by atoms with Crippen molar-refractivity contribution in [2.45, 2.75) is 6.92 Å². The Hall–Kier alpha value is -2.88. The molecule has 0 saturated carbocycles. The van der Waals surface area contributed by atoms with Gasteiger partial charge in [0.15, 0.2) is 0 Å². The van der Waals surface area contributed by atoms with Crippen molar-refractivity contribution in [2.75, 3.05) is 6.61 Å². The summed E-state index contributed by atoms with van der Waals surface area (Å²) in [5.41, 5.74) is 2.35. The van der Waals surface area contributed by atoms with Crippen LogP contribution in [0, 0.1) is 0 Å². The van der Waals surface area contributed by atoms with Gasteiger partial charge in [0.25, 0.3) is 0 Å². The molecule has 0 unspecified atom stereocenters. The number of benzene rings is 2. The maximum absolute atomic E-state index is 12.0. The van der Waals surface area contributed by atoms with Crippen LogP contribution in [0.15, 0.2) is 48.5 Å². The van der Waals surface area contributed by atoms with Crippen molar-refractivity contribution in [1.29, 1.82) is 0 Å². The van der Waals surface area contributed by atoms with E-state index in [2.05, 4.69) is 0 Å². The standard InChI is InChI=1S/C18H14O4/c1-2-21-17(19)13-8-9-14-15(11-13)18(20)22-16(14)10-12-6-4-3-5-7-12/h3-11H,2H2,1H3. The summed E-state index contributed by atoms with van der Waals surface area (Å²) in [7, 11) is 0. The molecule has 4 nitrogen and oxygen atoms in total. The zero-order valence-electron chi connectivity index (χ0n) is 12.0. The second-order valence-electron chi connectivity index (χ2n) is 4.79. The van der Waals surface area contributed by atoms with E-state index in [1.54, 1.807) is 25.1 Å². The first kappa shape index (κ1) is 14.1. The maximum atomic E-state index is 12.0. The van der Waals surface area contributed by atoms with E-state index < -0.39 is 11.9 Å². The average Bonchev–Trinajstić information content (AvgIpc) is 2.84. The second-order valence-corrected chi connectivity index (χ2v) is 4.79. The summed E-state index contributed by atoms with van der Waals surface area (Å²) in [4.78, 5) is 23.7. The van der Waals surface area contributed by atoms with Crippen molar-refractivity contribution < 1.29 is 19.1 Å². The normalized spacial score (nSPS) is 14.6. The Balaban J connectivity index is 1.98. The Kier molecular flexibility index (Phi) is 3.74. The van der Waals surface area contributed by atoms with Gasteiger partial charge in [0.2, 0.25) is 0 Å². The van der Waals surface area contributed by atoms with Gasteiger partial charge in [-0.25, -0.2) is 9.59 Å². The van der Waals surface area contributed by atoms with Gasteiger partial charge in [-0.1, -0.05) is 30.3 Å². The van der Waals surface area contributed by atoms with Gasteiger partial charge in [0.05, 0.1) is 17.7 Å². The van der Waals surface area contributed by atoms with E-state index in [-0.39, 0.29) is 0 Å². The van der Waals surface area contributed by atoms with E-state index in [1.807, 2.05) is 30.3 Å². The van der Waals surface area contributed by atoms with Crippen molar-refractivity contribution in [3.63, 3.8) is 0 Å². The van der Waals surface area contributed by atoms with Crippen molar-refractivity contribution in [1.82, 2.24) is 0 Å². The lowest BCUT2D eigenvalue weighted by Gasteiger charge is -2.03. The summed E-state index contributed by atoms with van der Waals surface area (Å²) in [6.45, 7) is 2.03. The average molecular weight is 294 g/mol. The summed E-state index contributed by atoms with van der Waals surface area (Å²) in [5, 5.41) is 0. The van der Waals surface area contributed by atoms with Gasteiger partial charge >= 0.3 is 11.9 Å². The van der Waals surface area contributed by atoms with Crippen LogP contribution in [0.25, 0.3) is 11.8 Å². The minimum atomic E-state index is -0.455. The van der Waals surface area contributed by atoms with Crippen LogP contribution >= 0.6 is 0 Å². The third-order valence-corrected chi connectivity index (χ3v) is 3.32. The highest BCUT2D eigenvalue weighted by atomic mass is 16.5. The van der Waals surface area contributed by atoms with E-state index in [0.717, 1.165) is 5.56 Å². The number of ether oxygens (including phenoxy) is 2. The molecule has 0 saturated heterocycles. The molecule has 0 amide bonds. The first-order valence-corrected chi connectivity index (χ1v) is 6.99. The number of rotatable bonds is 3. The smallest absolute Gasteiger partial charge is 0.344 e. The van der Waals surface area contributed by atoms with Gasteiger partial charge in [-0.3, -0.25) is 0 Å². The van der Waals surface area contributed by atoms with Crippen LogP contribution in [0.1, 0.15) is 38.8 Å². The number of cyclic esters (lactones) is 1. The summed E-state index contributed by atoms with van der Waals surface area (Å²) in [5.74, 6) is -0.413. The maximum Gasteiger partial charge on any atom is 0.344 e. The predicted octanol–water partition coefficient (Wildman–Crippen LogP) is 3.53. The molecule has 0 bridgehead atoms.